The van der Waals surface area contributed by atoms with E-state index in [1.165, 1.54) is 0 Å². The van der Waals surface area contributed by atoms with Gasteiger partial charge in [-0.15, -0.1) is 0 Å². The maximum atomic E-state index is 10.8. The van der Waals surface area contributed by atoms with Gasteiger partial charge in [0.05, 0.1) is 11.3 Å². The van der Waals surface area contributed by atoms with Crippen LogP contribution in [0.3, 0.4) is 0 Å². The van der Waals surface area contributed by atoms with Crippen molar-refractivity contribution in [3.8, 4) is 11.3 Å². The number of aliphatic carboxylic acids is 2. The van der Waals surface area contributed by atoms with Crippen molar-refractivity contribution in [2.45, 2.75) is 31.7 Å². The smallest absolute Gasteiger partial charge is 0.478 e. The second kappa shape index (κ2) is 11.5. The third kappa shape index (κ3) is 8.73. The van der Waals surface area contributed by atoms with Crippen LogP contribution in [0.4, 0.5) is 26.3 Å². The number of carboxylic acids is 3. The average Bonchev–Trinajstić information content (AvgIpc) is 3.16. The van der Waals surface area contributed by atoms with E-state index in [4.69, 9.17) is 30.6 Å². The summed E-state index contributed by atoms with van der Waals surface area (Å²) in [6.07, 6.45) is -6.09. The highest BCUT2D eigenvalue weighted by Gasteiger charge is 2.38. The van der Waals surface area contributed by atoms with Crippen molar-refractivity contribution in [1.29, 1.82) is 0 Å². The SMILES string of the molecule is NCC1CCc2nc(-c3ccc(C(=O)O)cc3)cn2C1.O=C(O)C(F)(F)F.O=C(O)C(F)(F)F. The molecule has 2 heterocycles. The Morgan fingerprint density at radius 2 is 1.44 bits per heavy atom. The summed E-state index contributed by atoms with van der Waals surface area (Å²) in [5, 5.41) is 23.2. The summed E-state index contributed by atoms with van der Waals surface area (Å²) in [7, 11) is 0. The van der Waals surface area contributed by atoms with Gasteiger partial charge in [-0.1, -0.05) is 12.1 Å². The first-order valence-electron chi connectivity index (χ1n) is 9.26. The lowest BCUT2D eigenvalue weighted by Crippen LogP contribution is -2.25. The average molecular weight is 499 g/mol. The first kappa shape index (κ1) is 28.4. The Morgan fingerprint density at radius 3 is 1.82 bits per heavy atom. The summed E-state index contributed by atoms with van der Waals surface area (Å²) in [5.41, 5.74) is 7.87. The fourth-order valence-corrected chi connectivity index (χ4v) is 2.63. The lowest BCUT2D eigenvalue weighted by Gasteiger charge is -2.21. The van der Waals surface area contributed by atoms with Crippen LogP contribution < -0.4 is 5.73 Å². The molecule has 1 unspecified atom stereocenters. The molecule has 0 saturated carbocycles. The largest absolute Gasteiger partial charge is 0.490 e. The zero-order valence-corrected chi connectivity index (χ0v) is 17.1. The normalized spacial score (nSPS) is 15.1. The molecule has 0 saturated heterocycles. The highest BCUT2D eigenvalue weighted by Crippen LogP contribution is 2.25. The number of aryl methyl sites for hydroxylation is 1. The number of hydrogen-bond acceptors (Lipinski definition) is 5. The number of rotatable bonds is 3. The van der Waals surface area contributed by atoms with Gasteiger partial charge in [-0.3, -0.25) is 0 Å². The van der Waals surface area contributed by atoms with E-state index in [2.05, 4.69) is 9.55 Å². The number of imidazole rings is 1. The van der Waals surface area contributed by atoms with E-state index in [-0.39, 0.29) is 0 Å². The second-order valence-electron chi connectivity index (χ2n) is 6.82. The minimum atomic E-state index is -5.08. The van der Waals surface area contributed by atoms with Crippen molar-refractivity contribution in [2.24, 2.45) is 11.7 Å². The Kier molecular flexibility index (Phi) is 9.60. The molecular formula is C19H19F6N3O6. The first-order chi connectivity index (χ1) is 15.6. The number of alkyl halides is 6. The molecule has 188 valence electrons. The van der Waals surface area contributed by atoms with Crippen LogP contribution in [0.15, 0.2) is 30.5 Å². The topological polar surface area (TPSA) is 156 Å². The molecule has 0 bridgehead atoms. The summed E-state index contributed by atoms with van der Waals surface area (Å²) in [5.74, 6) is -4.81. The Morgan fingerprint density at radius 1 is 0.971 bits per heavy atom. The molecule has 9 nitrogen and oxygen atoms in total. The first-order valence-corrected chi connectivity index (χ1v) is 9.26. The maximum absolute atomic E-state index is 10.8. The number of halogens is 6. The van der Waals surface area contributed by atoms with E-state index in [1.807, 2.05) is 6.20 Å². The van der Waals surface area contributed by atoms with E-state index in [9.17, 15) is 31.1 Å². The number of hydrogen-bond donors (Lipinski definition) is 4. The minimum absolute atomic E-state index is 0.293. The number of nitrogens with zero attached hydrogens (tertiary/aromatic N) is 2. The Balaban J connectivity index is 0.000000343. The Hall–Kier alpha value is -3.62. The number of nitrogens with two attached hydrogens (primary N) is 1. The maximum Gasteiger partial charge on any atom is 0.490 e. The third-order valence-electron chi connectivity index (χ3n) is 4.34. The monoisotopic (exact) mass is 499 g/mol. The molecule has 15 heteroatoms. The highest BCUT2D eigenvalue weighted by atomic mass is 19.4. The molecule has 1 aromatic heterocycles. The van der Waals surface area contributed by atoms with E-state index in [1.54, 1.807) is 24.3 Å². The van der Waals surface area contributed by atoms with Crippen LogP contribution in [0.25, 0.3) is 11.3 Å². The molecular weight excluding hydrogens is 480 g/mol. The number of aromatic carboxylic acids is 1. The molecule has 2 aromatic rings. The number of fused-ring (bicyclic) bond motifs is 1. The zero-order chi connectivity index (χ0) is 26.3. The Labute approximate surface area is 187 Å². The van der Waals surface area contributed by atoms with E-state index in [0.29, 0.717) is 18.0 Å². The molecule has 1 aliphatic heterocycles. The van der Waals surface area contributed by atoms with Gasteiger partial charge < -0.3 is 25.6 Å². The minimum Gasteiger partial charge on any atom is -0.478 e. The van der Waals surface area contributed by atoms with Gasteiger partial charge in [0.25, 0.3) is 0 Å². The van der Waals surface area contributed by atoms with Crippen LogP contribution in [0.5, 0.6) is 0 Å². The molecule has 0 radical (unpaired) electrons. The van der Waals surface area contributed by atoms with Crippen LogP contribution >= 0.6 is 0 Å². The standard InChI is InChI=1S/C15H17N3O2.2C2HF3O2/c16-7-10-1-6-14-17-13(9-18(14)8-10)11-2-4-12(5-3-11)15(19)20;2*3-2(4,5)1(6)7/h2-5,9-10H,1,6-8,16H2,(H,19,20);2*(H,6,7). The van der Waals surface area contributed by atoms with E-state index in [0.717, 1.165) is 36.5 Å². The number of carboxylic acid groups (broad SMARTS) is 3. The van der Waals surface area contributed by atoms with Gasteiger partial charge in [-0.2, -0.15) is 26.3 Å². The van der Waals surface area contributed by atoms with Gasteiger partial charge in [0, 0.05) is 24.7 Å². The second-order valence-corrected chi connectivity index (χ2v) is 6.82. The molecule has 0 fully saturated rings. The predicted octanol–water partition coefficient (Wildman–Crippen LogP) is 3.04. The summed E-state index contributed by atoms with van der Waals surface area (Å²) in [6, 6.07) is 6.83. The van der Waals surface area contributed by atoms with Crippen LogP contribution in [0.1, 0.15) is 22.6 Å². The van der Waals surface area contributed by atoms with Crippen molar-refractivity contribution >= 4 is 17.9 Å². The highest BCUT2D eigenvalue weighted by molar-refractivity contribution is 5.88. The summed E-state index contributed by atoms with van der Waals surface area (Å²) in [6.45, 7) is 1.63. The van der Waals surface area contributed by atoms with Gasteiger partial charge >= 0.3 is 30.3 Å². The van der Waals surface area contributed by atoms with Crippen molar-refractivity contribution in [1.82, 2.24) is 9.55 Å². The number of carbonyl (C=O) groups is 3. The number of aromatic nitrogens is 2. The van der Waals surface area contributed by atoms with Gasteiger partial charge in [-0.25, -0.2) is 19.4 Å². The van der Waals surface area contributed by atoms with Crippen LogP contribution in [0, 0.1) is 5.92 Å². The van der Waals surface area contributed by atoms with Gasteiger partial charge in [0.15, 0.2) is 0 Å². The quantitative estimate of drug-likeness (QED) is 0.470. The van der Waals surface area contributed by atoms with E-state index >= 15 is 0 Å². The molecule has 3 rings (SSSR count). The number of benzene rings is 1. The molecule has 34 heavy (non-hydrogen) atoms. The van der Waals surface area contributed by atoms with Gasteiger partial charge in [0.2, 0.25) is 0 Å². The van der Waals surface area contributed by atoms with Crippen molar-refractivity contribution in [3.63, 3.8) is 0 Å². The molecule has 5 N–H and O–H groups in total. The van der Waals surface area contributed by atoms with Gasteiger partial charge in [-0.05, 0) is 31.0 Å². The van der Waals surface area contributed by atoms with Crippen LogP contribution in [-0.4, -0.2) is 61.7 Å². The van der Waals surface area contributed by atoms with Crippen LogP contribution in [-0.2, 0) is 22.6 Å². The third-order valence-corrected chi connectivity index (χ3v) is 4.34. The summed E-state index contributed by atoms with van der Waals surface area (Å²) >= 11 is 0. The molecule has 1 aliphatic rings. The molecule has 0 aliphatic carbocycles. The summed E-state index contributed by atoms with van der Waals surface area (Å²) < 4.78 is 65.6. The molecule has 1 aromatic carbocycles. The lowest BCUT2D eigenvalue weighted by atomic mass is 10.00. The van der Waals surface area contributed by atoms with Gasteiger partial charge in [0.1, 0.15) is 5.82 Å². The predicted molar refractivity (Wildman–Crippen MR) is 103 cm³/mol. The lowest BCUT2D eigenvalue weighted by molar-refractivity contribution is -0.193. The van der Waals surface area contributed by atoms with Crippen molar-refractivity contribution < 1.29 is 56.0 Å². The Bertz CT molecular complexity index is 977. The molecule has 0 spiro atoms. The van der Waals surface area contributed by atoms with Crippen molar-refractivity contribution in [2.75, 3.05) is 6.54 Å². The fraction of sp³-hybridized carbons (Fsp3) is 0.368. The fourth-order valence-electron chi connectivity index (χ4n) is 2.63. The van der Waals surface area contributed by atoms with Crippen LogP contribution in [0.2, 0.25) is 0 Å². The van der Waals surface area contributed by atoms with Crippen molar-refractivity contribution in [3.05, 3.63) is 41.9 Å². The molecule has 0 amide bonds. The van der Waals surface area contributed by atoms with E-state index < -0.39 is 30.3 Å². The molecule has 1 atom stereocenters. The summed E-state index contributed by atoms with van der Waals surface area (Å²) in [4.78, 5) is 33.3. The zero-order valence-electron chi connectivity index (χ0n) is 17.1.